The Labute approximate surface area is 114 Å². The fourth-order valence-electron chi connectivity index (χ4n) is 1.67. The monoisotopic (exact) mass is 257 g/mol. The summed E-state index contributed by atoms with van der Waals surface area (Å²) in [6, 6.07) is 17.8. The third-order valence-corrected chi connectivity index (χ3v) is 2.67. The van der Waals surface area contributed by atoms with E-state index >= 15 is 0 Å². The molecule has 0 aliphatic rings. The molecule has 0 fully saturated rings. The van der Waals surface area contributed by atoms with Gasteiger partial charge in [0.25, 0.3) is 0 Å². The molecule has 0 saturated carbocycles. The molecule has 0 aromatic heterocycles. The molecule has 2 rings (SSSR count). The molecule has 0 saturated heterocycles. The van der Waals surface area contributed by atoms with Crippen LogP contribution in [0.2, 0.25) is 0 Å². The van der Waals surface area contributed by atoms with Crippen molar-refractivity contribution >= 4 is 0 Å². The first-order valence-electron chi connectivity index (χ1n) is 6.48. The van der Waals surface area contributed by atoms with Gasteiger partial charge < -0.3 is 15.2 Å². The summed E-state index contributed by atoms with van der Waals surface area (Å²) in [6.07, 6.45) is 0.856. The van der Waals surface area contributed by atoms with Crippen LogP contribution in [-0.4, -0.2) is 13.2 Å². The first-order chi connectivity index (χ1) is 9.38. The van der Waals surface area contributed by atoms with Crippen molar-refractivity contribution in [1.29, 1.82) is 0 Å². The van der Waals surface area contributed by atoms with Gasteiger partial charge in [-0.3, -0.25) is 0 Å². The summed E-state index contributed by atoms with van der Waals surface area (Å²) in [5.41, 5.74) is 6.58. The summed E-state index contributed by atoms with van der Waals surface area (Å²) in [6.45, 7) is 1.84. The molecule has 2 N–H and O–H groups in total. The third-order valence-electron chi connectivity index (χ3n) is 2.67. The molecule has 0 aliphatic heterocycles. The zero-order valence-corrected chi connectivity index (χ0v) is 10.9. The van der Waals surface area contributed by atoms with Crippen LogP contribution < -0.4 is 15.2 Å². The van der Waals surface area contributed by atoms with Gasteiger partial charge in [-0.05, 0) is 30.7 Å². The quantitative estimate of drug-likeness (QED) is 0.775. The van der Waals surface area contributed by atoms with Crippen molar-refractivity contribution in [1.82, 2.24) is 0 Å². The summed E-state index contributed by atoms with van der Waals surface area (Å²) in [4.78, 5) is 0. The Kier molecular flexibility index (Phi) is 5.26. The van der Waals surface area contributed by atoms with Crippen molar-refractivity contribution in [2.45, 2.75) is 13.0 Å². The Morgan fingerprint density at radius 1 is 0.842 bits per heavy atom. The highest BCUT2D eigenvalue weighted by Crippen LogP contribution is 2.20. The standard InChI is InChI=1S/C16H19NO2/c17-10-5-11-18-15-8-4-9-16(12-15)19-13-14-6-2-1-3-7-14/h1-4,6-9,12H,5,10-11,13,17H2. The van der Waals surface area contributed by atoms with Crippen LogP contribution in [0.5, 0.6) is 11.5 Å². The lowest BCUT2D eigenvalue weighted by atomic mass is 10.2. The van der Waals surface area contributed by atoms with E-state index in [9.17, 15) is 0 Å². The van der Waals surface area contributed by atoms with Crippen molar-refractivity contribution in [2.75, 3.05) is 13.2 Å². The highest BCUT2D eigenvalue weighted by Gasteiger charge is 1.98. The van der Waals surface area contributed by atoms with Crippen LogP contribution in [0, 0.1) is 0 Å². The molecule has 0 amide bonds. The Hall–Kier alpha value is -2.00. The van der Waals surface area contributed by atoms with E-state index in [0.717, 1.165) is 23.5 Å². The maximum atomic E-state index is 5.73. The van der Waals surface area contributed by atoms with Gasteiger partial charge in [0, 0.05) is 6.07 Å². The molecule has 0 unspecified atom stereocenters. The minimum absolute atomic E-state index is 0.563. The van der Waals surface area contributed by atoms with Gasteiger partial charge in [0.1, 0.15) is 18.1 Å². The van der Waals surface area contributed by atoms with Crippen LogP contribution in [-0.2, 0) is 6.61 Å². The first kappa shape index (κ1) is 13.4. The van der Waals surface area contributed by atoms with Crippen molar-refractivity contribution in [2.24, 2.45) is 5.73 Å². The van der Waals surface area contributed by atoms with Gasteiger partial charge in [-0.25, -0.2) is 0 Å². The second-order valence-electron chi connectivity index (χ2n) is 4.24. The molecule has 0 bridgehead atoms. The number of rotatable bonds is 7. The number of benzene rings is 2. The van der Waals surface area contributed by atoms with Gasteiger partial charge in [-0.2, -0.15) is 0 Å². The molecule has 0 atom stereocenters. The third kappa shape index (κ3) is 4.64. The lowest BCUT2D eigenvalue weighted by Gasteiger charge is -2.09. The Bertz CT molecular complexity index is 485. The minimum Gasteiger partial charge on any atom is -0.493 e. The van der Waals surface area contributed by atoms with Crippen LogP contribution in [0.25, 0.3) is 0 Å². The lowest BCUT2D eigenvalue weighted by Crippen LogP contribution is -2.06. The van der Waals surface area contributed by atoms with Crippen molar-refractivity contribution in [3.63, 3.8) is 0 Å². The maximum absolute atomic E-state index is 5.73. The summed E-state index contributed by atoms with van der Waals surface area (Å²) < 4.78 is 11.3. The summed E-state index contributed by atoms with van der Waals surface area (Å²) in [5, 5.41) is 0. The predicted molar refractivity (Wildman–Crippen MR) is 76.4 cm³/mol. The average molecular weight is 257 g/mol. The minimum atomic E-state index is 0.563. The topological polar surface area (TPSA) is 44.5 Å². The van der Waals surface area contributed by atoms with Gasteiger partial charge in [0.2, 0.25) is 0 Å². The van der Waals surface area contributed by atoms with Gasteiger partial charge in [-0.15, -0.1) is 0 Å². The molecule has 100 valence electrons. The molecule has 3 heteroatoms. The molecular weight excluding hydrogens is 238 g/mol. The highest BCUT2D eigenvalue weighted by molar-refractivity contribution is 5.33. The molecule has 2 aromatic rings. The number of nitrogens with two attached hydrogens (primary N) is 1. The van der Waals surface area contributed by atoms with E-state index in [4.69, 9.17) is 15.2 Å². The molecule has 3 nitrogen and oxygen atoms in total. The molecule has 0 aliphatic carbocycles. The fraction of sp³-hybridized carbons (Fsp3) is 0.250. The van der Waals surface area contributed by atoms with Crippen molar-refractivity contribution in [3.8, 4) is 11.5 Å². The van der Waals surface area contributed by atoms with Crippen LogP contribution >= 0.6 is 0 Å². The number of ether oxygens (including phenoxy) is 2. The van der Waals surface area contributed by atoms with E-state index in [1.54, 1.807) is 0 Å². The lowest BCUT2D eigenvalue weighted by molar-refractivity contribution is 0.293. The molecule has 0 heterocycles. The molecular formula is C16H19NO2. The van der Waals surface area contributed by atoms with Crippen LogP contribution in [0.4, 0.5) is 0 Å². The highest BCUT2D eigenvalue weighted by atomic mass is 16.5. The summed E-state index contributed by atoms with van der Waals surface area (Å²) in [7, 11) is 0. The number of hydrogen-bond acceptors (Lipinski definition) is 3. The smallest absolute Gasteiger partial charge is 0.123 e. The first-order valence-corrected chi connectivity index (χ1v) is 6.48. The second kappa shape index (κ2) is 7.44. The predicted octanol–water partition coefficient (Wildman–Crippen LogP) is 2.99. The van der Waals surface area contributed by atoms with Crippen molar-refractivity contribution < 1.29 is 9.47 Å². The average Bonchev–Trinajstić information content (AvgIpc) is 2.47. The van der Waals surface area contributed by atoms with Crippen LogP contribution in [0.3, 0.4) is 0 Å². The van der Waals surface area contributed by atoms with Crippen LogP contribution in [0.15, 0.2) is 54.6 Å². The molecule has 19 heavy (non-hydrogen) atoms. The fourth-order valence-corrected chi connectivity index (χ4v) is 1.67. The van der Waals surface area contributed by atoms with E-state index in [1.165, 1.54) is 0 Å². The second-order valence-corrected chi connectivity index (χ2v) is 4.24. The molecule has 0 spiro atoms. The van der Waals surface area contributed by atoms with E-state index in [0.29, 0.717) is 19.8 Å². The van der Waals surface area contributed by atoms with Gasteiger partial charge in [0.15, 0.2) is 0 Å². The Balaban J connectivity index is 1.88. The van der Waals surface area contributed by atoms with Gasteiger partial charge >= 0.3 is 0 Å². The van der Waals surface area contributed by atoms with Gasteiger partial charge in [0.05, 0.1) is 6.61 Å². The maximum Gasteiger partial charge on any atom is 0.123 e. The summed E-state index contributed by atoms with van der Waals surface area (Å²) in [5.74, 6) is 1.63. The van der Waals surface area contributed by atoms with E-state index in [1.807, 2.05) is 54.6 Å². The zero-order valence-electron chi connectivity index (χ0n) is 10.9. The van der Waals surface area contributed by atoms with E-state index in [2.05, 4.69) is 0 Å². The Morgan fingerprint density at radius 2 is 1.58 bits per heavy atom. The SMILES string of the molecule is NCCCOc1cccc(OCc2ccccc2)c1. The molecule has 2 aromatic carbocycles. The Morgan fingerprint density at radius 3 is 2.32 bits per heavy atom. The number of hydrogen-bond donors (Lipinski definition) is 1. The zero-order chi connectivity index (χ0) is 13.3. The summed E-state index contributed by atoms with van der Waals surface area (Å²) >= 11 is 0. The van der Waals surface area contributed by atoms with E-state index < -0.39 is 0 Å². The van der Waals surface area contributed by atoms with Gasteiger partial charge in [-0.1, -0.05) is 36.4 Å². The van der Waals surface area contributed by atoms with Crippen LogP contribution in [0.1, 0.15) is 12.0 Å². The normalized spacial score (nSPS) is 10.2. The largest absolute Gasteiger partial charge is 0.493 e. The van der Waals surface area contributed by atoms with E-state index in [-0.39, 0.29) is 0 Å². The van der Waals surface area contributed by atoms with Crippen molar-refractivity contribution in [3.05, 3.63) is 60.2 Å². The molecule has 0 radical (unpaired) electrons.